The van der Waals surface area contributed by atoms with Gasteiger partial charge in [-0.1, -0.05) is 65.5 Å². The first kappa shape index (κ1) is 19.1. The average molecular weight is 416 g/mol. The van der Waals surface area contributed by atoms with E-state index in [1.165, 1.54) is 11.3 Å². The molecule has 0 bridgehead atoms. The molecule has 1 aliphatic carbocycles. The summed E-state index contributed by atoms with van der Waals surface area (Å²) < 4.78 is 6.23. The lowest BCUT2D eigenvalue weighted by molar-refractivity contribution is -0.118. The number of rotatable bonds is 9. The van der Waals surface area contributed by atoms with E-state index < -0.39 is 0 Å². The Hall–Kier alpha value is -2.26. The summed E-state index contributed by atoms with van der Waals surface area (Å²) in [5, 5.41) is 13.2. The maximum Gasteiger partial charge on any atom is 0.228 e. The molecule has 2 aromatic heterocycles. The van der Waals surface area contributed by atoms with Crippen LogP contribution in [-0.4, -0.2) is 38.0 Å². The Balaban J connectivity index is 1.26. The van der Waals surface area contributed by atoms with Crippen LogP contribution in [0.1, 0.15) is 38.5 Å². The average Bonchev–Trinajstić information content (AvgIpc) is 3.26. The lowest BCUT2D eigenvalue weighted by Crippen LogP contribution is -2.32. The number of hydrogen-bond acceptors (Lipinski definition) is 8. The highest BCUT2D eigenvalue weighted by Crippen LogP contribution is 2.36. The van der Waals surface area contributed by atoms with Crippen LogP contribution >= 0.6 is 23.1 Å². The topological polar surface area (TPSA) is 85.0 Å². The van der Waals surface area contributed by atoms with E-state index >= 15 is 0 Å². The van der Waals surface area contributed by atoms with Crippen LogP contribution in [-0.2, 0) is 11.2 Å². The summed E-state index contributed by atoms with van der Waals surface area (Å²) in [6, 6.07) is 10.1. The van der Waals surface area contributed by atoms with E-state index in [1.807, 2.05) is 42.2 Å². The predicted octanol–water partition coefficient (Wildman–Crippen LogP) is 4.22. The number of thioether (sulfide) groups is 1. The standard InChI is InChI=1S/C19H21N5O2S2/c1-2-16(25)24(14-10-11-14)18-21-22-19(28-18)27-12-6-9-15-20-17(23-26-15)13-7-4-3-5-8-13/h3-5,7-8,14H,2,6,9-12H2,1H3. The molecule has 7 nitrogen and oxygen atoms in total. The SMILES string of the molecule is CCC(=O)N(c1nnc(SCCCc2nc(-c3ccccc3)no2)s1)C1CC1. The molecule has 0 unspecified atom stereocenters. The van der Waals surface area contributed by atoms with Crippen molar-refractivity contribution in [2.75, 3.05) is 10.7 Å². The fourth-order valence-corrected chi connectivity index (χ4v) is 4.71. The van der Waals surface area contributed by atoms with Crippen LogP contribution in [0.15, 0.2) is 39.2 Å². The van der Waals surface area contributed by atoms with Gasteiger partial charge in [0.1, 0.15) is 0 Å². The van der Waals surface area contributed by atoms with Crippen LogP contribution in [0.3, 0.4) is 0 Å². The normalized spacial score (nSPS) is 13.6. The van der Waals surface area contributed by atoms with Crippen LogP contribution in [0.2, 0.25) is 0 Å². The Kier molecular flexibility index (Phi) is 6.01. The van der Waals surface area contributed by atoms with Crippen LogP contribution in [0.25, 0.3) is 11.4 Å². The summed E-state index contributed by atoms with van der Waals surface area (Å²) in [5.74, 6) is 2.27. The van der Waals surface area contributed by atoms with Crippen LogP contribution in [0.5, 0.6) is 0 Å². The molecule has 0 aliphatic heterocycles. The molecule has 0 N–H and O–H groups in total. The van der Waals surface area contributed by atoms with E-state index in [-0.39, 0.29) is 5.91 Å². The Morgan fingerprint density at radius 3 is 2.86 bits per heavy atom. The molecule has 2 heterocycles. The molecule has 4 rings (SSSR count). The van der Waals surface area contributed by atoms with Gasteiger partial charge in [-0.3, -0.25) is 9.69 Å². The molecule has 28 heavy (non-hydrogen) atoms. The molecule has 0 saturated heterocycles. The third kappa shape index (κ3) is 4.59. The summed E-state index contributed by atoms with van der Waals surface area (Å²) in [6.07, 6.45) is 4.23. The molecule has 0 spiro atoms. The number of carbonyl (C=O) groups is 1. The minimum atomic E-state index is 0.126. The first-order valence-corrected chi connectivity index (χ1v) is 11.2. The fourth-order valence-electron chi connectivity index (χ4n) is 2.77. The molecule has 1 aliphatic rings. The number of hydrogen-bond donors (Lipinski definition) is 0. The van der Waals surface area contributed by atoms with E-state index in [9.17, 15) is 4.79 Å². The summed E-state index contributed by atoms with van der Waals surface area (Å²) in [6.45, 7) is 1.88. The highest BCUT2D eigenvalue weighted by molar-refractivity contribution is 8.01. The van der Waals surface area contributed by atoms with Crippen molar-refractivity contribution in [2.24, 2.45) is 0 Å². The Morgan fingerprint density at radius 2 is 2.11 bits per heavy atom. The molecule has 9 heteroatoms. The van der Waals surface area contributed by atoms with Gasteiger partial charge in [0.15, 0.2) is 4.34 Å². The van der Waals surface area contributed by atoms with Crippen molar-refractivity contribution in [3.8, 4) is 11.4 Å². The number of carbonyl (C=O) groups excluding carboxylic acids is 1. The lowest BCUT2D eigenvalue weighted by Gasteiger charge is -2.17. The third-order valence-corrected chi connectivity index (χ3v) is 6.49. The molecule has 1 amide bonds. The number of aromatic nitrogens is 4. The number of anilines is 1. The van der Waals surface area contributed by atoms with Gasteiger partial charge in [-0.2, -0.15) is 4.98 Å². The van der Waals surface area contributed by atoms with Gasteiger partial charge in [0.2, 0.25) is 22.8 Å². The minimum Gasteiger partial charge on any atom is -0.339 e. The molecule has 146 valence electrons. The molecule has 0 atom stereocenters. The Bertz CT molecular complexity index is 923. The van der Waals surface area contributed by atoms with Gasteiger partial charge < -0.3 is 4.52 Å². The number of amides is 1. The van der Waals surface area contributed by atoms with Crippen LogP contribution in [0.4, 0.5) is 5.13 Å². The minimum absolute atomic E-state index is 0.126. The largest absolute Gasteiger partial charge is 0.339 e. The fraction of sp³-hybridized carbons (Fsp3) is 0.421. The first-order chi connectivity index (χ1) is 13.7. The zero-order valence-electron chi connectivity index (χ0n) is 15.6. The van der Waals surface area contributed by atoms with Gasteiger partial charge in [-0.15, -0.1) is 10.2 Å². The summed E-state index contributed by atoms with van der Waals surface area (Å²) in [7, 11) is 0. The molecule has 3 aromatic rings. The highest BCUT2D eigenvalue weighted by Gasteiger charge is 2.35. The maximum absolute atomic E-state index is 12.2. The van der Waals surface area contributed by atoms with Crippen molar-refractivity contribution in [1.29, 1.82) is 0 Å². The van der Waals surface area contributed by atoms with Crippen LogP contribution in [0, 0.1) is 0 Å². The van der Waals surface area contributed by atoms with Crippen molar-refractivity contribution >= 4 is 34.1 Å². The molecule has 0 radical (unpaired) electrons. The highest BCUT2D eigenvalue weighted by atomic mass is 32.2. The lowest BCUT2D eigenvalue weighted by atomic mass is 10.2. The van der Waals surface area contributed by atoms with E-state index in [1.54, 1.807) is 11.8 Å². The zero-order chi connectivity index (χ0) is 19.3. The van der Waals surface area contributed by atoms with Crippen molar-refractivity contribution in [3.63, 3.8) is 0 Å². The number of nitrogens with zero attached hydrogens (tertiary/aromatic N) is 5. The summed E-state index contributed by atoms with van der Waals surface area (Å²) in [5.41, 5.74) is 0.954. The van der Waals surface area contributed by atoms with Gasteiger partial charge in [-0.05, 0) is 19.3 Å². The monoisotopic (exact) mass is 415 g/mol. The molecular weight excluding hydrogens is 394 g/mol. The van der Waals surface area contributed by atoms with E-state index in [0.29, 0.717) is 24.2 Å². The summed E-state index contributed by atoms with van der Waals surface area (Å²) in [4.78, 5) is 18.4. The van der Waals surface area contributed by atoms with Gasteiger partial charge in [0, 0.05) is 30.2 Å². The van der Waals surface area contributed by atoms with Crippen molar-refractivity contribution in [3.05, 3.63) is 36.2 Å². The van der Waals surface area contributed by atoms with Gasteiger partial charge in [0.05, 0.1) is 0 Å². The van der Waals surface area contributed by atoms with E-state index in [2.05, 4.69) is 20.3 Å². The second-order valence-electron chi connectivity index (χ2n) is 6.53. The Morgan fingerprint density at radius 1 is 1.29 bits per heavy atom. The smallest absolute Gasteiger partial charge is 0.228 e. The van der Waals surface area contributed by atoms with E-state index in [0.717, 1.165) is 46.5 Å². The van der Waals surface area contributed by atoms with Gasteiger partial charge >= 0.3 is 0 Å². The molecule has 1 saturated carbocycles. The van der Waals surface area contributed by atoms with Gasteiger partial charge in [0.25, 0.3) is 0 Å². The predicted molar refractivity (Wildman–Crippen MR) is 109 cm³/mol. The maximum atomic E-state index is 12.2. The molecular formula is C19H21N5O2S2. The van der Waals surface area contributed by atoms with Crippen molar-refractivity contribution in [2.45, 2.75) is 49.4 Å². The first-order valence-electron chi connectivity index (χ1n) is 9.41. The number of benzene rings is 1. The second kappa shape index (κ2) is 8.83. The van der Waals surface area contributed by atoms with E-state index in [4.69, 9.17) is 4.52 Å². The molecule has 1 fully saturated rings. The summed E-state index contributed by atoms with van der Waals surface area (Å²) >= 11 is 3.14. The second-order valence-corrected chi connectivity index (χ2v) is 8.83. The van der Waals surface area contributed by atoms with Crippen molar-refractivity contribution < 1.29 is 9.32 Å². The van der Waals surface area contributed by atoms with Crippen LogP contribution < -0.4 is 4.90 Å². The molecule has 1 aromatic carbocycles. The quantitative estimate of drug-likeness (QED) is 0.294. The van der Waals surface area contributed by atoms with Crippen molar-refractivity contribution in [1.82, 2.24) is 20.3 Å². The zero-order valence-corrected chi connectivity index (χ0v) is 17.2. The Labute approximate surface area is 171 Å². The number of aryl methyl sites for hydroxylation is 1. The third-order valence-electron chi connectivity index (χ3n) is 4.35. The van der Waals surface area contributed by atoms with Gasteiger partial charge in [-0.25, -0.2) is 0 Å².